The van der Waals surface area contributed by atoms with Crippen molar-refractivity contribution >= 4 is 0 Å². The molecule has 0 amide bonds. The van der Waals surface area contributed by atoms with E-state index >= 15 is 0 Å². The molecule has 15 heavy (non-hydrogen) atoms. The second-order valence-corrected chi connectivity index (χ2v) is 2.98. The van der Waals surface area contributed by atoms with Crippen molar-refractivity contribution in [1.82, 2.24) is 0 Å². The number of aromatic hydroxyl groups is 1. The molecule has 3 nitrogen and oxygen atoms in total. The smallest absolute Gasteiger partial charge is 0.295 e. The van der Waals surface area contributed by atoms with Crippen molar-refractivity contribution in [1.29, 1.82) is 0 Å². The predicted octanol–water partition coefficient (Wildman–Crippen LogP) is 1.88. The number of alkyl halides is 2. The number of aliphatic hydroxyl groups is 1. The summed E-state index contributed by atoms with van der Waals surface area (Å²) >= 11 is 0. The van der Waals surface area contributed by atoms with Crippen molar-refractivity contribution in [2.24, 2.45) is 0 Å². The van der Waals surface area contributed by atoms with Crippen LogP contribution in [0, 0.1) is 0 Å². The third-order valence-electron chi connectivity index (χ3n) is 1.88. The summed E-state index contributed by atoms with van der Waals surface area (Å²) in [6.07, 6.45) is 0. The average molecular weight is 218 g/mol. The fourth-order valence-corrected chi connectivity index (χ4v) is 1.10. The number of benzene rings is 1. The maximum absolute atomic E-state index is 13.0. The van der Waals surface area contributed by atoms with Gasteiger partial charge in [-0.2, -0.15) is 8.78 Å². The van der Waals surface area contributed by atoms with Crippen LogP contribution in [0.1, 0.15) is 12.5 Å². The lowest BCUT2D eigenvalue weighted by molar-refractivity contribution is -0.0557. The van der Waals surface area contributed by atoms with Gasteiger partial charge in [0.2, 0.25) is 0 Å². The summed E-state index contributed by atoms with van der Waals surface area (Å²) in [5, 5.41) is 17.8. The summed E-state index contributed by atoms with van der Waals surface area (Å²) in [5.41, 5.74) is -0.383. The van der Waals surface area contributed by atoms with Crippen LogP contribution in [0.15, 0.2) is 18.2 Å². The van der Waals surface area contributed by atoms with Gasteiger partial charge in [-0.3, -0.25) is 0 Å². The lowest BCUT2D eigenvalue weighted by Crippen LogP contribution is -2.18. The fraction of sp³-hybridized carbons (Fsp3) is 0.400. The quantitative estimate of drug-likeness (QED) is 0.811. The second kappa shape index (κ2) is 4.44. The molecule has 0 saturated heterocycles. The number of aliphatic hydroxyl groups excluding tert-OH is 1. The number of ether oxygens (including phenoxy) is 1. The third kappa shape index (κ3) is 2.56. The van der Waals surface area contributed by atoms with E-state index < -0.39 is 12.5 Å². The van der Waals surface area contributed by atoms with Gasteiger partial charge in [-0.15, -0.1) is 0 Å². The lowest BCUT2D eigenvalue weighted by atomic mass is 10.1. The van der Waals surface area contributed by atoms with Crippen molar-refractivity contribution in [3.05, 3.63) is 23.8 Å². The van der Waals surface area contributed by atoms with Gasteiger partial charge in [0.15, 0.2) is 11.5 Å². The van der Waals surface area contributed by atoms with Crippen LogP contribution < -0.4 is 4.74 Å². The Labute approximate surface area is 85.9 Å². The standard InChI is InChI=1S/C10H12F2O3/c1-2-15-9-5-7(3-4-8(9)14)10(11,12)6-13/h3-5,13-14H,2,6H2,1H3. The Kier molecular flexibility index (Phi) is 3.47. The average Bonchev–Trinajstić information content (AvgIpc) is 2.21. The first-order chi connectivity index (χ1) is 7.01. The summed E-state index contributed by atoms with van der Waals surface area (Å²) in [6, 6.07) is 3.19. The van der Waals surface area contributed by atoms with Crippen molar-refractivity contribution in [3.8, 4) is 11.5 Å². The van der Waals surface area contributed by atoms with Gasteiger partial charge in [0.05, 0.1) is 6.61 Å². The van der Waals surface area contributed by atoms with Crippen LogP contribution >= 0.6 is 0 Å². The number of halogens is 2. The fourth-order valence-electron chi connectivity index (χ4n) is 1.10. The highest BCUT2D eigenvalue weighted by Crippen LogP contribution is 2.34. The first-order valence-corrected chi connectivity index (χ1v) is 4.46. The van der Waals surface area contributed by atoms with Gasteiger partial charge in [-0.05, 0) is 25.1 Å². The van der Waals surface area contributed by atoms with Crippen LogP contribution in [0.2, 0.25) is 0 Å². The van der Waals surface area contributed by atoms with E-state index in [4.69, 9.17) is 9.84 Å². The molecule has 5 heteroatoms. The first-order valence-electron chi connectivity index (χ1n) is 4.46. The summed E-state index contributed by atoms with van der Waals surface area (Å²) in [7, 11) is 0. The van der Waals surface area contributed by atoms with E-state index in [0.717, 1.165) is 18.2 Å². The number of rotatable bonds is 4. The van der Waals surface area contributed by atoms with Gasteiger partial charge in [-0.25, -0.2) is 0 Å². The highest BCUT2D eigenvalue weighted by Gasteiger charge is 2.31. The minimum absolute atomic E-state index is 0.0110. The number of phenolic OH excluding ortho intramolecular Hbond substituents is 1. The van der Waals surface area contributed by atoms with Gasteiger partial charge < -0.3 is 14.9 Å². The summed E-state index contributed by atoms with van der Waals surface area (Å²) in [6.45, 7) is 0.668. The maximum Gasteiger partial charge on any atom is 0.295 e. The van der Waals surface area contributed by atoms with E-state index in [1.54, 1.807) is 6.92 Å². The van der Waals surface area contributed by atoms with Crippen molar-refractivity contribution < 1.29 is 23.7 Å². The van der Waals surface area contributed by atoms with E-state index in [1.807, 2.05) is 0 Å². The van der Waals surface area contributed by atoms with Gasteiger partial charge in [-0.1, -0.05) is 0 Å². The van der Waals surface area contributed by atoms with Gasteiger partial charge in [0.25, 0.3) is 5.92 Å². The summed E-state index contributed by atoms with van der Waals surface area (Å²) < 4.78 is 31.1. The topological polar surface area (TPSA) is 49.7 Å². The molecule has 0 bridgehead atoms. The van der Waals surface area contributed by atoms with Crippen LogP contribution in [0.25, 0.3) is 0 Å². The number of hydrogen-bond donors (Lipinski definition) is 2. The maximum atomic E-state index is 13.0. The molecule has 0 heterocycles. The molecule has 0 aliphatic carbocycles. The molecule has 1 aromatic carbocycles. The molecule has 0 aromatic heterocycles. The van der Waals surface area contributed by atoms with Crippen LogP contribution in [0.3, 0.4) is 0 Å². The Morgan fingerprint density at radius 2 is 2.07 bits per heavy atom. The van der Waals surface area contributed by atoms with Crippen molar-refractivity contribution in [3.63, 3.8) is 0 Å². The predicted molar refractivity (Wildman–Crippen MR) is 50.3 cm³/mol. The monoisotopic (exact) mass is 218 g/mol. The molecule has 0 atom stereocenters. The van der Waals surface area contributed by atoms with E-state index in [-0.39, 0.29) is 23.7 Å². The van der Waals surface area contributed by atoms with Crippen LogP contribution in [0.4, 0.5) is 8.78 Å². The van der Waals surface area contributed by atoms with E-state index in [9.17, 15) is 13.9 Å². The minimum Gasteiger partial charge on any atom is -0.504 e. The zero-order valence-electron chi connectivity index (χ0n) is 8.20. The summed E-state index contributed by atoms with van der Waals surface area (Å²) in [5.74, 6) is -3.53. The highest BCUT2D eigenvalue weighted by atomic mass is 19.3. The largest absolute Gasteiger partial charge is 0.504 e. The number of hydrogen-bond acceptors (Lipinski definition) is 3. The molecule has 84 valence electrons. The highest BCUT2D eigenvalue weighted by molar-refractivity contribution is 5.43. The molecule has 0 fully saturated rings. The Hall–Kier alpha value is -1.36. The SMILES string of the molecule is CCOc1cc(C(F)(F)CO)ccc1O. The van der Waals surface area contributed by atoms with Crippen LogP contribution in [0.5, 0.6) is 11.5 Å². The van der Waals surface area contributed by atoms with Crippen molar-refractivity contribution in [2.75, 3.05) is 13.2 Å². The molecule has 2 N–H and O–H groups in total. The van der Waals surface area contributed by atoms with Crippen molar-refractivity contribution in [2.45, 2.75) is 12.8 Å². The zero-order chi connectivity index (χ0) is 11.5. The molecule has 0 aliphatic rings. The molecule has 0 aliphatic heterocycles. The molecule has 1 rings (SSSR count). The Balaban J connectivity index is 3.07. The lowest BCUT2D eigenvalue weighted by Gasteiger charge is -2.15. The Morgan fingerprint density at radius 3 is 2.60 bits per heavy atom. The molecule has 1 aromatic rings. The molecular formula is C10H12F2O3. The molecule has 0 saturated carbocycles. The molecular weight excluding hydrogens is 206 g/mol. The normalized spacial score (nSPS) is 11.5. The zero-order valence-corrected chi connectivity index (χ0v) is 8.20. The second-order valence-electron chi connectivity index (χ2n) is 2.98. The van der Waals surface area contributed by atoms with Gasteiger partial charge >= 0.3 is 0 Å². The van der Waals surface area contributed by atoms with E-state index in [2.05, 4.69) is 0 Å². The van der Waals surface area contributed by atoms with E-state index in [0.29, 0.717) is 0 Å². The molecule has 0 spiro atoms. The van der Waals surface area contributed by atoms with Gasteiger partial charge in [0, 0.05) is 5.56 Å². The third-order valence-corrected chi connectivity index (χ3v) is 1.88. The number of phenols is 1. The molecule has 0 unspecified atom stereocenters. The van der Waals surface area contributed by atoms with Crippen LogP contribution in [-0.4, -0.2) is 23.4 Å². The first kappa shape index (κ1) is 11.7. The Morgan fingerprint density at radius 1 is 1.40 bits per heavy atom. The van der Waals surface area contributed by atoms with Gasteiger partial charge in [0.1, 0.15) is 6.61 Å². The minimum atomic E-state index is -3.32. The van der Waals surface area contributed by atoms with E-state index in [1.165, 1.54) is 0 Å². The summed E-state index contributed by atoms with van der Waals surface area (Å²) in [4.78, 5) is 0. The van der Waals surface area contributed by atoms with Crippen LogP contribution in [-0.2, 0) is 5.92 Å². The Bertz CT molecular complexity index is 339. The molecule has 0 radical (unpaired) electrons.